The molecule has 1 aliphatic carbocycles. The second-order valence-corrected chi connectivity index (χ2v) is 6.46. The first-order chi connectivity index (χ1) is 10.2. The molecule has 1 unspecified atom stereocenters. The fourth-order valence-corrected chi connectivity index (χ4v) is 3.50. The SMILES string of the molecule is CCCNC(c1ccc2c(c1)CCC(=O)N2C)C1CCC1. The van der Waals surface area contributed by atoms with Gasteiger partial charge in [-0.2, -0.15) is 0 Å². The van der Waals surface area contributed by atoms with E-state index in [-0.39, 0.29) is 5.91 Å². The zero-order valence-corrected chi connectivity index (χ0v) is 13.2. The third-order valence-corrected chi connectivity index (χ3v) is 5.04. The van der Waals surface area contributed by atoms with E-state index >= 15 is 0 Å². The highest BCUT2D eigenvalue weighted by Crippen LogP contribution is 2.39. The number of aryl methyl sites for hydroxylation is 1. The number of nitrogens with zero attached hydrogens (tertiary/aromatic N) is 1. The lowest BCUT2D eigenvalue weighted by molar-refractivity contribution is -0.118. The zero-order valence-electron chi connectivity index (χ0n) is 13.2. The van der Waals surface area contributed by atoms with E-state index in [2.05, 4.69) is 30.4 Å². The van der Waals surface area contributed by atoms with Crippen molar-refractivity contribution in [1.82, 2.24) is 5.32 Å². The first kappa shape index (κ1) is 14.6. The van der Waals surface area contributed by atoms with E-state index in [1.807, 2.05) is 7.05 Å². The smallest absolute Gasteiger partial charge is 0.227 e. The Hall–Kier alpha value is -1.35. The summed E-state index contributed by atoms with van der Waals surface area (Å²) in [6, 6.07) is 7.19. The largest absolute Gasteiger partial charge is 0.315 e. The Kier molecular flexibility index (Phi) is 4.29. The third-order valence-electron chi connectivity index (χ3n) is 5.04. The van der Waals surface area contributed by atoms with Crippen molar-refractivity contribution in [2.24, 2.45) is 5.92 Å². The summed E-state index contributed by atoms with van der Waals surface area (Å²) in [6.07, 6.45) is 6.76. The summed E-state index contributed by atoms with van der Waals surface area (Å²) >= 11 is 0. The number of hydrogen-bond acceptors (Lipinski definition) is 2. The van der Waals surface area contributed by atoms with Crippen LogP contribution in [0.3, 0.4) is 0 Å². The monoisotopic (exact) mass is 286 g/mol. The maximum Gasteiger partial charge on any atom is 0.227 e. The van der Waals surface area contributed by atoms with Crippen molar-refractivity contribution < 1.29 is 4.79 Å². The van der Waals surface area contributed by atoms with Crippen LogP contribution in [0.4, 0.5) is 5.69 Å². The predicted octanol–water partition coefficient (Wildman–Crippen LogP) is 3.44. The summed E-state index contributed by atoms with van der Waals surface area (Å²) in [5.41, 5.74) is 3.84. The van der Waals surface area contributed by atoms with Gasteiger partial charge in [0.1, 0.15) is 0 Å². The predicted molar refractivity (Wildman–Crippen MR) is 86.5 cm³/mol. The molecule has 1 aromatic rings. The molecule has 21 heavy (non-hydrogen) atoms. The van der Waals surface area contributed by atoms with Gasteiger partial charge in [0.15, 0.2) is 0 Å². The molecule has 1 N–H and O–H groups in total. The molecule has 3 heteroatoms. The second kappa shape index (κ2) is 6.18. The Bertz CT molecular complexity index is 522. The molecule has 2 aliphatic rings. The van der Waals surface area contributed by atoms with Gasteiger partial charge in [-0.05, 0) is 55.3 Å². The van der Waals surface area contributed by atoms with Crippen molar-refractivity contribution in [3.63, 3.8) is 0 Å². The van der Waals surface area contributed by atoms with E-state index in [9.17, 15) is 4.79 Å². The molecule has 0 spiro atoms. The quantitative estimate of drug-likeness (QED) is 0.899. The van der Waals surface area contributed by atoms with Crippen LogP contribution in [-0.2, 0) is 11.2 Å². The van der Waals surface area contributed by atoms with Gasteiger partial charge < -0.3 is 10.2 Å². The molecule has 1 aromatic carbocycles. The summed E-state index contributed by atoms with van der Waals surface area (Å²) in [5.74, 6) is 1.02. The average molecular weight is 286 g/mol. The molecule has 0 aromatic heterocycles. The topological polar surface area (TPSA) is 32.3 Å². The lowest BCUT2D eigenvalue weighted by Gasteiger charge is -2.36. The van der Waals surface area contributed by atoms with E-state index in [0.717, 1.165) is 24.6 Å². The van der Waals surface area contributed by atoms with Crippen LogP contribution in [0.15, 0.2) is 18.2 Å². The van der Waals surface area contributed by atoms with Crippen molar-refractivity contribution in [2.45, 2.75) is 51.5 Å². The first-order valence-electron chi connectivity index (χ1n) is 8.33. The highest BCUT2D eigenvalue weighted by Gasteiger charge is 2.29. The normalized spacial score (nSPS) is 20.1. The van der Waals surface area contributed by atoms with Crippen LogP contribution in [0.5, 0.6) is 0 Å². The molecule has 0 radical (unpaired) electrons. The Morgan fingerprint density at radius 3 is 2.81 bits per heavy atom. The molecular weight excluding hydrogens is 260 g/mol. The van der Waals surface area contributed by atoms with Crippen molar-refractivity contribution in [1.29, 1.82) is 0 Å². The molecule has 1 saturated carbocycles. The Balaban J connectivity index is 1.85. The third kappa shape index (κ3) is 2.84. The number of carbonyl (C=O) groups excluding carboxylic acids is 1. The van der Waals surface area contributed by atoms with Crippen molar-refractivity contribution in [3.05, 3.63) is 29.3 Å². The lowest BCUT2D eigenvalue weighted by Crippen LogP contribution is -2.34. The minimum atomic E-state index is 0.231. The summed E-state index contributed by atoms with van der Waals surface area (Å²) in [5, 5.41) is 3.73. The van der Waals surface area contributed by atoms with E-state index in [0.29, 0.717) is 12.5 Å². The van der Waals surface area contributed by atoms with Gasteiger partial charge in [0, 0.05) is 25.2 Å². The van der Waals surface area contributed by atoms with Gasteiger partial charge in [-0.25, -0.2) is 0 Å². The van der Waals surface area contributed by atoms with Crippen molar-refractivity contribution in [2.75, 3.05) is 18.5 Å². The molecule has 3 nitrogen and oxygen atoms in total. The standard InChI is InChI=1S/C18H26N2O/c1-3-11-19-18(13-5-4-6-13)15-7-9-16-14(12-15)8-10-17(21)20(16)2/h7,9,12-13,18-19H,3-6,8,10-11H2,1-2H3. The molecule has 1 aliphatic heterocycles. The average Bonchev–Trinajstić information content (AvgIpc) is 2.45. The fourth-order valence-electron chi connectivity index (χ4n) is 3.50. The van der Waals surface area contributed by atoms with Crippen LogP contribution in [0.25, 0.3) is 0 Å². The van der Waals surface area contributed by atoms with Gasteiger partial charge >= 0.3 is 0 Å². The lowest BCUT2D eigenvalue weighted by atomic mass is 9.76. The van der Waals surface area contributed by atoms with Crippen LogP contribution in [0, 0.1) is 5.92 Å². The minimum Gasteiger partial charge on any atom is -0.315 e. The first-order valence-corrected chi connectivity index (χ1v) is 8.33. The van der Waals surface area contributed by atoms with Crippen LogP contribution in [0.1, 0.15) is 56.2 Å². The highest BCUT2D eigenvalue weighted by molar-refractivity contribution is 5.95. The highest BCUT2D eigenvalue weighted by atomic mass is 16.2. The van der Waals surface area contributed by atoms with Gasteiger partial charge in [-0.3, -0.25) is 4.79 Å². The van der Waals surface area contributed by atoms with E-state index in [4.69, 9.17) is 0 Å². The van der Waals surface area contributed by atoms with Gasteiger partial charge in [0.2, 0.25) is 5.91 Å². The summed E-state index contributed by atoms with van der Waals surface area (Å²) < 4.78 is 0. The molecule has 114 valence electrons. The molecule has 1 atom stereocenters. The van der Waals surface area contributed by atoms with Crippen molar-refractivity contribution in [3.8, 4) is 0 Å². The Morgan fingerprint density at radius 1 is 1.33 bits per heavy atom. The van der Waals surface area contributed by atoms with Gasteiger partial charge in [-0.15, -0.1) is 0 Å². The van der Waals surface area contributed by atoms with Crippen molar-refractivity contribution >= 4 is 11.6 Å². The molecule has 3 rings (SSSR count). The van der Waals surface area contributed by atoms with Crippen LogP contribution >= 0.6 is 0 Å². The molecule has 1 heterocycles. The molecule has 1 amide bonds. The van der Waals surface area contributed by atoms with Gasteiger partial charge in [0.05, 0.1) is 0 Å². The molecule has 1 fully saturated rings. The molecular formula is C18H26N2O. The number of benzene rings is 1. The number of rotatable bonds is 5. The maximum atomic E-state index is 11.8. The second-order valence-electron chi connectivity index (χ2n) is 6.46. The van der Waals surface area contributed by atoms with E-state index in [1.165, 1.54) is 36.8 Å². The minimum absolute atomic E-state index is 0.231. The summed E-state index contributed by atoms with van der Waals surface area (Å²) in [4.78, 5) is 13.6. The summed E-state index contributed by atoms with van der Waals surface area (Å²) in [6.45, 7) is 3.30. The van der Waals surface area contributed by atoms with Gasteiger partial charge in [-0.1, -0.05) is 25.5 Å². The number of hydrogen-bond donors (Lipinski definition) is 1. The van der Waals surface area contributed by atoms with Crippen LogP contribution in [0.2, 0.25) is 0 Å². The molecule has 0 bridgehead atoms. The summed E-state index contributed by atoms with van der Waals surface area (Å²) in [7, 11) is 1.89. The number of anilines is 1. The van der Waals surface area contributed by atoms with Crippen LogP contribution < -0.4 is 10.2 Å². The number of fused-ring (bicyclic) bond motifs is 1. The van der Waals surface area contributed by atoms with E-state index < -0.39 is 0 Å². The fraction of sp³-hybridized carbons (Fsp3) is 0.611. The Labute approximate surface area is 127 Å². The Morgan fingerprint density at radius 2 is 2.14 bits per heavy atom. The van der Waals surface area contributed by atoms with Crippen LogP contribution in [-0.4, -0.2) is 19.5 Å². The number of carbonyl (C=O) groups is 1. The maximum absolute atomic E-state index is 11.8. The zero-order chi connectivity index (χ0) is 14.8. The van der Waals surface area contributed by atoms with Gasteiger partial charge in [0.25, 0.3) is 0 Å². The van der Waals surface area contributed by atoms with E-state index in [1.54, 1.807) is 4.90 Å². The number of amides is 1. The molecule has 0 saturated heterocycles. The number of nitrogens with one attached hydrogen (secondary N) is 1.